The van der Waals surface area contributed by atoms with E-state index in [-0.39, 0.29) is 5.82 Å². The van der Waals surface area contributed by atoms with Gasteiger partial charge < -0.3 is 0 Å². The third-order valence-electron chi connectivity index (χ3n) is 1.29. The Morgan fingerprint density at radius 3 is 2.86 bits per heavy atom. The van der Waals surface area contributed by atoms with E-state index >= 15 is 0 Å². The number of aromatic nitrogens is 6. The number of carbonyl (C=O) groups is 1. The summed E-state index contributed by atoms with van der Waals surface area (Å²) < 4.78 is 0. The van der Waals surface area contributed by atoms with Crippen molar-refractivity contribution in [3.63, 3.8) is 0 Å². The van der Waals surface area contributed by atoms with E-state index in [0.29, 0.717) is 5.13 Å². The maximum absolute atomic E-state index is 11.3. The fourth-order valence-corrected chi connectivity index (χ4v) is 1.34. The van der Waals surface area contributed by atoms with Crippen molar-refractivity contribution in [3.05, 3.63) is 10.8 Å². The van der Waals surface area contributed by atoms with Crippen molar-refractivity contribution in [1.82, 2.24) is 30.8 Å². The molecule has 0 aliphatic heterocycles. The highest BCUT2D eigenvalue weighted by Crippen LogP contribution is 2.13. The Labute approximate surface area is 81.8 Å². The molecule has 2 heterocycles. The Morgan fingerprint density at radius 1 is 1.43 bits per heavy atom. The van der Waals surface area contributed by atoms with Gasteiger partial charge in [0.05, 0.1) is 0 Å². The van der Waals surface area contributed by atoms with Gasteiger partial charge in [0.25, 0.3) is 11.7 Å². The normalized spacial score (nSPS) is 10.1. The topological polar surface area (TPSA) is 109 Å². The summed E-state index contributed by atoms with van der Waals surface area (Å²) in [5, 5.41) is 23.6. The Morgan fingerprint density at radius 2 is 2.29 bits per heavy atom. The molecule has 0 radical (unpaired) electrons. The summed E-state index contributed by atoms with van der Waals surface area (Å²) in [4.78, 5) is 11.3. The molecule has 9 heteroatoms. The lowest BCUT2D eigenvalue weighted by Gasteiger charge is -1.93. The highest BCUT2D eigenvalue weighted by molar-refractivity contribution is 7.15. The van der Waals surface area contributed by atoms with Crippen molar-refractivity contribution < 1.29 is 4.79 Å². The molecule has 0 aliphatic rings. The molecular weight excluding hydrogens is 206 g/mol. The Hall–Kier alpha value is -1.90. The van der Waals surface area contributed by atoms with Gasteiger partial charge in [-0.05, 0) is 12.1 Å². The zero-order chi connectivity index (χ0) is 9.97. The molecule has 1 amide bonds. The molecule has 14 heavy (non-hydrogen) atoms. The molecule has 8 nitrogen and oxygen atoms in total. The first kappa shape index (κ1) is 8.69. The second kappa shape index (κ2) is 3.46. The van der Waals surface area contributed by atoms with Crippen LogP contribution in [0.15, 0.2) is 0 Å². The molecule has 0 atom stereocenters. The Kier molecular flexibility index (Phi) is 2.14. The van der Waals surface area contributed by atoms with Gasteiger partial charge in [0.15, 0.2) is 0 Å². The van der Waals surface area contributed by atoms with Crippen LogP contribution in [0, 0.1) is 6.92 Å². The molecule has 72 valence electrons. The lowest BCUT2D eigenvalue weighted by molar-refractivity contribution is 0.101. The van der Waals surface area contributed by atoms with Crippen molar-refractivity contribution in [2.24, 2.45) is 0 Å². The molecule has 0 aliphatic carbocycles. The number of H-pyrrole nitrogens is 1. The molecule has 2 rings (SSSR count). The van der Waals surface area contributed by atoms with Crippen molar-refractivity contribution in [2.75, 3.05) is 5.32 Å². The number of carbonyl (C=O) groups excluding carboxylic acids is 1. The van der Waals surface area contributed by atoms with E-state index in [4.69, 9.17) is 0 Å². The van der Waals surface area contributed by atoms with E-state index in [2.05, 4.69) is 36.1 Å². The van der Waals surface area contributed by atoms with Gasteiger partial charge in [-0.3, -0.25) is 10.1 Å². The van der Waals surface area contributed by atoms with Gasteiger partial charge in [-0.1, -0.05) is 11.3 Å². The monoisotopic (exact) mass is 211 g/mol. The first-order valence-corrected chi connectivity index (χ1v) is 4.42. The summed E-state index contributed by atoms with van der Waals surface area (Å²) in [5.41, 5.74) is 0. The van der Waals surface area contributed by atoms with Gasteiger partial charge in [0.2, 0.25) is 5.13 Å². The molecule has 0 saturated carbocycles. The largest absolute Gasteiger partial charge is 0.299 e. The van der Waals surface area contributed by atoms with Gasteiger partial charge in [-0.25, -0.2) is 0 Å². The molecule has 0 bridgehead atoms. The second-order valence-electron chi connectivity index (χ2n) is 2.32. The summed E-state index contributed by atoms with van der Waals surface area (Å²) in [6.45, 7) is 1.79. The van der Waals surface area contributed by atoms with Crippen LogP contribution in [-0.2, 0) is 0 Å². The van der Waals surface area contributed by atoms with Gasteiger partial charge in [-0.15, -0.1) is 20.4 Å². The molecule has 0 aromatic carbocycles. The smallest absolute Gasteiger partial charge is 0.294 e. The van der Waals surface area contributed by atoms with E-state index in [1.807, 2.05) is 0 Å². The van der Waals surface area contributed by atoms with Crippen LogP contribution < -0.4 is 5.32 Å². The minimum Gasteiger partial charge on any atom is -0.294 e. The summed E-state index contributed by atoms with van der Waals surface area (Å²) in [6, 6.07) is 0. The van der Waals surface area contributed by atoms with Gasteiger partial charge >= 0.3 is 0 Å². The van der Waals surface area contributed by atoms with Crippen LogP contribution in [0.2, 0.25) is 0 Å². The van der Waals surface area contributed by atoms with E-state index < -0.39 is 5.91 Å². The first-order valence-electron chi connectivity index (χ1n) is 3.60. The van der Waals surface area contributed by atoms with Crippen molar-refractivity contribution in [2.45, 2.75) is 6.92 Å². The van der Waals surface area contributed by atoms with Crippen LogP contribution >= 0.6 is 11.3 Å². The minimum atomic E-state index is -0.463. The minimum absolute atomic E-state index is 0.0298. The number of tetrazole rings is 1. The van der Waals surface area contributed by atoms with Gasteiger partial charge in [-0.2, -0.15) is 5.21 Å². The first-order chi connectivity index (χ1) is 6.75. The van der Waals surface area contributed by atoms with Crippen LogP contribution in [0.1, 0.15) is 15.6 Å². The summed E-state index contributed by atoms with van der Waals surface area (Å²) >= 11 is 1.27. The molecule has 0 spiro atoms. The summed E-state index contributed by atoms with van der Waals surface area (Å²) in [7, 11) is 0. The number of hydrogen-bond acceptors (Lipinski definition) is 7. The molecule has 0 unspecified atom stereocenters. The average Bonchev–Trinajstić information content (AvgIpc) is 2.75. The average molecular weight is 211 g/mol. The van der Waals surface area contributed by atoms with Crippen molar-refractivity contribution in [3.8, 4) is 0 Å². The predicted molar refractivity (Wildman–Crippen MR) is 46.8 cm³/mol. The summed E-state index contributed by atoms with van der Waals surface area (Å²) in [6.07, 6.45) is 0. The standard InChI is InChI=1S/C5H5N7OS/c1-2-7-10-5(14-2)6-4(13)3-8-11-12-9-3/h1H3,(H,6,10,13)(H,8,9,11,12). The molecule has 0 saturated heterocycles. The maximum atomic E-state index is 11.3. The fraction of sp³-hybridized carbons (Fsp3) is 0.200. The molecular formula is C5H5N7OS. The molecule has 2 aromatic rings. The van der Waals surface area contributed by atoms with E-state index in [0.717, 1.165) is 5.01 Å². The molecule has 2 N–H and O–H groups in total. The number of hydrogen-bond donors (Lipinski definition) is 2. The highest BCUT2D eigenvalue weighted by atomic mass is 32.1. The van der Waals surface area contributed by atoms with Crippen molar-refractivity contribution >= 4 is 22.4 Å². The van der Waals surface area contributed by atoms with Gasteiger partial charge in [0.1, 0.15) is 5.01 Å². The Balaban J connectivity index is 2.09. The Bertz CT molecular complexity index is 435. The predicted octanol–water partition coefficient (Wildman–Crippen LogP) is -0.388. The van der Waals surface area contributed by atoms with E-state index in [1.54, 1.807) is 6.92 Å². The maximum Gasteiger partial charge on any atom is 0.299 e. The highest BCUT2D eigenvalue weighted by Gasteiger charge is 2.12. The number of anilines is 1. The van der Waals surface area contributed by atoms with Gasteiger partial charge in [0, 0.05) is 0 Å². The second-order valence-corrected chi connectivity index (χ2v) is 3.50. The lowest BCUT2D eigenvalue weighted by atomic mass is 10.6. The molecule has 2 aromatic heterocycles. The number of nitrogens with zero attached hydrogens (tertiary/aromatic N) is 5. The van der Waals surface area contributed by atoms with Crippen LogP contribution in [0.25, 0.3) is 0 Å². The third kappa shape index (κ3) is 1.71. The van der Waals surface area contributed by atoms with E-state index in [9.17, 15) is 4.79 Å². The lowest BCUT2D eigenvalue weighted by Crippen LogP contribution is -2.13. The summed E-state index contributed by atoms with van der Waals surface area (Å²) in [5.74, 6) is -0.493. The van der Waals surface area contributed by atoms with Crippen LogP contribution in [0.3, 0.4) is 0 Å². The molecule has 0 fully saturated rings. The zero-order valence-electron chi connectivity index (χ0n) is 7.05. The van der Waals surface area contributed by atoms with Crippen LogP contribution in [0.4, 0.5) is 5.13 Å². The third-order valence-corrected chi connectivity index (χ3v) is 2.05. The number of rotatable bonds is 2. The zero-order valence-corrected chi connectivity index (χ0v) is 7.87. The quantitative estimate of drug-likeness (QED) is 0.700. The van der Waals surface area contributed by atoms with E-state index in [1.165, 1.54) is 11.3 Å². The SMILES string of the molecule is Cc1nnc(NC(=O)c2nn[nH]n2)s1. The van der Waals surface area contributed by atoms with Crippen LogP contribution in [0.5, 0.6) is 0 Å². The fourth-order valence-electron chi connectivity index (χ4n) is 0.758. The number of aromatic amines is 1. The number of amides is 1. The number of aryl methyl sites for hydroxylation is 1. The number of nitrogens with one attached hydrogen (secondary N) is 2. The van der Waals surface area contributed by atoms with Crippen LogP contribution in [-0.4, -0.2) is 36.7 Å². The van der Waals surface area contributed by atoms with Crippen molar-refractivity contribution in [1.29, 1.82) is 0 Å².